The highest BCUT2D eigenvalue weighted by atomic mass is 16.7. The van der Waals surface area contributed by atoms with Gasteiger partial charge in [-0.25, -0.2) is 0 Å². The van der Waals surface area contributed by atoms with Crippen molar-refractivity contribution in [1.82, 2.24) is 5.32 Å². The summed E-state index contributed by atoms with van der Waals surface area (Å²) in [5, 5.41) is 6.33. The van der Waals surface area contributed by atoms with Crippen molar-refractivity contribution in [2.24, 2.45) is 5.11 Å². The lowest BCUT2D eigenvalue weighted by atomic mass is 10.1. The first-order valence-electron chi connectivity index (χ1n) is 9.48. The van der Waals surface area contributed by atoms with Gasteiger partial charge in [0.05, 0.1) is 0 Å². The molecule has 0 spiro atoms. The third-order valence-corrected chi connectivity index (χ3v) is 3.98. The molecule has 0 aliphatic heterocycles. The van der Waals surface area contributed by atoms with Gasteiger partial charge < -0.3 is 14.8 Å². The number of methoxy groups -OCH3 is 1. The van der Waals surface area contributed by atoms with Crippen molar-refractivity contribution in [1.29, 1.82) is 0 Å². The molecule has 0 saturated carbocycles. The van der Waals surface area contributed by atoms with Gasteiger partial charge in [0.1, 0.15) is 11.4 Å². The van der Waals surface area contributed by atoms with Gasteiger partial charge in [-0.2, -0.15) is 0 Å². The molecule has 148 valence electrons. The van der Waals surface area contributed by atoms with E-state index in [2.05, 4.69) is 22.3 Å². The summed E-state index contributed by atoms with van der Waals surface area (Å²) in [5.41, 5.74) is 9.51. The summed E-state index contributed by atoms with van der Waals surface area (Å²) in [4.78, 5) is 15.0. The van der Waals surface area contributed by atoms with Crippen molar-refractivity contribution in [3.8, 4) is 5.75 Å². The molecule has 0 bridgehead atoms. The van der Waals surface area contributed by atoms with Crippen molar-refractivity contribution < 1.29 is 14.3 Å². The molecule has 0 radical (unpaired) electrons. The molecule has 27 heavy (non-hydrogen) atoms. The molecular formula is C20H30N4O3. The van der Waals surface area contributed by atoms with E-state index in [1.165, 1.54) is 32.1 Å². The van der Waals surface area contributed by atoms with Crippen LogP contribution in [0.3, 0.4) is 0 Å². The molecule has 0 aliphatic carbocycles. The molecule has 7 heteroatoms. The number of carbonyl (C=O) groups excluding carboxylic acids is 1. The summed E-state index contributed by atoms with van der Waals surface area (Å²) in [6.07, 6.45) is 9.81. The average Bonchev–Trinajstić information content (AvgIpc) is 2.69. The maximum atomic E-state index is 12.2. The van der Waals surface area contributed by atoms with Gasteiger partial charge in [-0.1, -0.05) is 62.7 Å². The van der Waals surface area contributed by atoms with E-state index in [9.17, 15) is 4.79 Å². The molecule has 7 nitrogen and oxygen atoms in total. The number of unbranched alkanes of at least 4 members (excludes halogenated alkanes) is 6. The number of hydrogen-bond acceptors (Lipinski definition) is 4. The SMILES string of the molecule is CCCCCCCCCNC(=O)/C(=C/c1ccc(OCOC)cc1)N=[N+]=[N-]. The normalized spacial score (nSPS) is 11.0. The van der Waals surface area contributed by atoms with E-state index in [-0.39, 0.29) is 18.4 Å². The number of carbonyl (C=O) groups is 1. The number of ether oxygens (including phenoxy) is 2. The number of hydrogen-bond donors (Lipinski definition) is 1. The molecule has 0 fully saturated rings. The van der Waals surface area contributed by atoms with Crippen LogP contribution in [-0.4, -0.2) is 26.4 Å². The molecule has 1 N–H and O–H groups in total. The zero-order valence-corrected chi connectivity index (χ0v) is 16.3. The van der Waals surface area contributed by atoms with E-state index < -0.39 is 0 Å². The zero-order valence-electron chi connectivity index (χ0n) is 16.3. The van der Waals surface area contributed by atoms with Gasteiger partial charge in [-0.05, 0) is 35.7 Å². The summed E-state index contributed by atoms with van der Waals surface area (Å²) < 4.78 is 10.2. The Labute approximate surface area is 161 Å². The maximum absolute atomic E-state index is 12.2. The largest absolute Gasteiger partial charge is 0.468 e. The minimum absolute atomic E-state index is 0.0472. The van der Waals surface area contributed by atoms with Crippen LogP contribution in [0.25, 0.3) is 16.5 Å². The predicted octanol–water partition coefficient (Wildman–Crippen LogP) is 5.19. The van der Waals surface area contributed by atoms with E-state index in [1.54, 1.807) is 37.5 Å². The molecule has 0 saturated heterocycles. The lowest BCUT2D eigenvalue weighted by Crippen LogP contribution is -2.25. The van der Waals surface area contributed by atoms with Crippen molar-refractivity contribution in [2.75, 3.05) is 20.4 Å². The summed E-state index contributed by atoms with van der Waals surface area (Å²) in [6, 6.07) is 7.08. The van der Waals surface area contributed by atoms with Crippen LogP contribution in [0, 0.1) is 0 Å². The Hall–Kier alpha value is -2.50. The van der Waals surface area contributed by atoms with Crippen LogP contribution in [-0.2, 0) is 9.53 Å². The predicted molar refractivity (Wildman–Crippen MR) is 107 cm³/mol. The van der Waals surface area contributed by atoms with Crippen LogP contribution in [0.5, 0.6) is 5.75 Å². The van der Waals surface area contributed by atoms with Gasteiger partial charge in [0.2, 0.25) is 0 Å². The van der Waals surface area contributed by atoms with Crippen molar-refractivity contribution in [3.05, 3.63) is 46.0 Å². The van der Waals surface area contributed by atoms with Crippen LogP contribution in [0.15, 0.2) is 35.1 Å². The first-order valence-corrected chi connectivity index (χ1v) is 9.48. The van der Waals surface area contributed by atoms with Gasteiger partial charge in [0.15, 0.2) is 6.79 Å². The average molecular weight is 374 g/mol. The quantitative estimate of drug-likeness (QED) is 0.121. The Kier molecular flexibility index (Phi) is 12.2. The molecule has 0 aliphatic rings. The van der Waals surface area contributed by atoms with Gasteiger partial charge in [0.25, 0.3) is 5.91 Å². The second kappa shape index (κ2) is 14.6. The topological polar surface area (TPSA) is 96.3 Å². The Morgan fingerprint density at radius 2 is 1.81 bits per heavy atom. The summed E-state index contributed by atoms with van der Waals surface area (Å²) >= 11 is 0. The molecule has 1 aromatic rings. The molecular weight excluding hydrogens is 344 g/mol. The number of benzene rings is 1. The van der Waals surface area contributed by atoms with E-state index in [0.29, 0.717) is 12.3 Å². The Morgan fingerprint density at radius 3 is 2.44 bits per heavy atom. The van der Waals surface area contributed by atoms with Crippen molar-refractivity contribution >= 4 is 12.0 Å². The minimum atomic E-state index is -0.363. The van der Waals surface area contributed by atoms with Crippen LogP contribution < -0.4 is 10.1 Å². The summed E-state index contributed by atoms with van der Waals surface area (Å²) in [7, 11) is 1.55. The first-order chi connectivity index (χ1) is 13.2. The second-order valence-electron chi connectivity index (χ2n) is 6.22. The van der Waals surface area contributed by atoms with Crippen molar-refractivity contribution in [3.63, 3.8) is 0 Å². The first kappa shape index (κ1) is 22.5. The van der Waals surface area contributed by atoms with Crippen LogP contribution in [0.1, 0.15) is 57.4 Å². The zero-order chi connectivity index (χ0) is 19.7. The smallest absolute Gasteiger partial charge is 0.253 e. The van der Waals surface area contributed by atoms with Gasteiger partial charge in [-0.15, -0.1) is 0 Å². The van der Waals surface area contributed by atoms with Gasteiger partial charge >= 0.3 is 0 Å². The van der Waals surface area contributed by atoms with Gasteiger partial charge in [-0.3, -0.25) is 4.79 Å². The third-order valence-electron chi connectivity index (χ3n) is 3.98. The fourth-order valence-electron chi connectivity index (χ4n) is 2.51. The highest BCUT2D eigenvalue weighted by Crippen LogP contribution is 2.15. The maximum Gasteiger partial charge on any atom is 0.253 e. The number of nitrogens with one attached hydrogen (secondary N) is 1. The van der Waals surface area contributed by atoms with Crippen LogP contribution in [0.2, 0.25) is 0 Å². The number of azide groups is 1. The van der Waals surface area contributed by atoms with Crippen LogP contribution in [0.4, 0.5) is 0 Å². The van der Waals surface area contributed by atoms with Crippen LogP contribution >= 0.6 is 0 Å². The third kappa shape index (κ3) is 10.3. The monoisotopic (exact) mass is 374 g/mol. The second-order valence-corrected chi connectivity index (χ2v) is 6.22. The van der Waals surface area contributed by atoms with E-state index in [0.717, 1.165) is 18.4 Å². The van der Waals surface area contributed by atoms with E-state index in [1.807, 2.05) is 0 Å². The summed E-state index contributed by atoms with van der Waals surface area (Å²) in [6.45, 7) is 2.95. The minimum Gasteiger partial charge on any atom is -0.468 e. The Bertz CT molecular complexity index is 623. The molecule has 1 rings (SSSR count). The molecule has 1 aromatic carbocycles. The highest BCUT2D eigenvalue weighted by molar-refractivity contribution is 5.97. The van der Waals surface area contributed by atoms with Gasteiger partial charge in [0, 0.05) is 18.6 Å². The standard InChI is InChI=1S/C20H30N4O3/c1-3-4-5-6-7-8-9-14-22-20(25)19(23-24-21)15-17-10-12-18(13-11-17)27-16-26-2/h10-13,15H,3-9,14,16H2,1-2H3,(H,22,25)/b19-15-. The van der Waals surface area contributed by atoms with Crippen molar-refractivity contribution in [2.45, 2.75) is 51.9 Å². The lowest BCUT2D eigenvalue weighted by molar-refractivity contribution is -0.117. The summed E-state index contributed by atoms with van der Waals surface area (Å²) in [5.74, 6) is 0.293. The highest BCUT2D eigenvalue weighted by Gasteiger charge is 2.07. The number of rotatable bonds is 14. The molecule has 0 heterocycles. The van der Waals surface area contributed by atoms with E-state index >= 15 is 0 Å². The lowest BCUT2D eigenvalue weighted by Gasteiger charge is -2.06. The molecule has 0 aromatic heterocycles. The Balaban J connectivity index is 2.47. The Morgan fingerprint density at radius 1 is 1.15 bits per heavy atom. The van der Waals surface area contributed by atoms with E-state index in [4.69, 9.17) is 15.0 Å². The fourth-order valence-corrected chi connectivity index (χ4v) is 2.51. The molecule has 1 amide bonds. The number of nitrogens with zero attached hydrogens (tertiary/aromatic N) is 3. The number of amides is 1. The molecule has 0 atom stereocenters. The fraction of sp³-hybridized carbons (Fsp3) is 0.550. The molecule has 0 unspecified atom stereocenters.